The largest absolute Gasteiger partial charge is 0.240 e. The van der Waals surface area contributed by atoms with Crippen molar-refractivity contribution < 1.29 is 12.8 Å². The monoisotopic (exact) mass is 377 g/mol. The van der Waals surface area contributed by atoms with Gasteiger partial charge in [-0.15, -0.1) is 0 Å². The number of alkyl halides is 1. The van der Waals surface area contributed by atoms with E-state index in [9.17, 15) is 12.8 Å². The summed E-state index contributed by atoms with van der Waals surface area (Å²) >= 11 is 3.52. The molecule has 3 nitrogen and oxygen atoms in total. The van der Waals surface area contributed by atoms with E-state index in [1.807, 2.05) is 0 Å². The van der Waals surface area contributed by atoms with Crippen molar-refractivity contribution in [3.05, 3.63) is 29.6 Å². The van der Waals surface area contributed by atoms with Crippen LogP contribution in [0.5, 0.6) is 0 Å². The van der Waals surface area contributed by atoms with Crippen LogP contribution in [0.2, 0.25) is 0 Å². The molecule has 0 saturated heterocycles. The summed E-state index contributed by atoms with van der Waals surface area (Å²) in [6, 6.07) is 3.76. The summed E-state index contributed by atoms with van der Waals surface area (Å²) in [6.45, 7) is 2.06. The van der Waals surface area contributed by atoms with E-state index in [1.54, 1.807) is 6.92 Å². The van der Waals surface area contributed by atoms with Gasteiger partial charge in [-0.25, -0.2) is 17.5 Å². The molecule has 118 valence electrons. The second-order valence-corrected chi connectivity index (χ2v) is 8.10. The Labute approximate surface area is 134 Å². The van der Waals surface area contributed by atoms with Crippen molar-refractivity contribution in [2.24, 2.45) is 11.8 Å². The molecule has 1 aromatic carbocycles. The number of nitrogens with one attached hydrogen (secondary N) is 1. The Morgan fingerprint density at radius 2 is 1.95 bits per heavy atom. The molecule has 0 bridgehead atoms. The summed E-state index contributed by atoms with van der Waals surface area (Å²) < 4.78 is 40.5. The highest BCUT2D eigenvalue weighted by molar-refractivity contribution is 9.09. The van der Waals surface area contributed by atoms with Crippen molar-refractivity contribution in [3.63, 3.8) is 0 Å². The number of hydrogen-bond acceptors (Lipinski definition) is 2. The van der Waals surface area contributed by atoms with Crippen LogP contribution in [0.1, 0.15) is 31.2 Å². The first-order valence-corrected chi connectivity index (χ1v) is 9.86. The number of hydrogen-bond donors (Lipinski definition) is 1. The molecule has 1 N–H and O–H groups in total. The Balaban J connectivity index is 2.07. The van der Waals surface area contributed by atoms with Gasteiger partial charge < -0.3 is 0 Å². The molecule has 21 heavy (non-hydrogen) atoms. The fourth-order valence-electron chi connectivity index (χ4n) is 2.97. The van der Waals surface area contributed by atoms with Gasteiger partial charge in [-0.1, -0.05) is 28.8 Å². The Kier molecular flexibility index (Phi) is 5.80. The molecule has 2 unspecified atom stereocenters. The van der Waals surface area contributed by atoms with Gasteiger partial charge in [0.25, 0.3) is 0 Å². The van der Waals surface area contributed by atoms with Crippen molar-refractivity contribution in [2.45, 2.75) is 37.5 Å². The summed E-state index contributed by atoms with van der Waals surface area (Å²) in [5.74, 6) is 0.475. The maximum Gasteiger partial charge on any atom is 0.240 e. The van der Waals surface area contributed by atoms with Gasteiger partial charge in [-0.05, 0) is 55.4 Å². The number of rotatable bonds is 5. The van der Waals surface area contributed by atoms with Crippen LogP contribution in [-0.4, -0.2) is 20.3 Å². The first-order valence-electron chi connectivity index (χ1n) is 7.26. The van der Waals surface area contributed by atoms with Crippen molar-refractivity contribution in [1.29, 1.82) is 0 Å². The quantitative estimate of drug-likeness (QED) is 0.796. The summed E-state index contributed by atoms with van der Waals surface area (Å²) in [5.41, 5.74) is 0.434. The van der Waals surface area contributed by atoms with E-state index < -0.39 is 15.8 Å². The molecule has 2 atom stereocenters. The third-order valence-corrected chi connectivity index (χ3v) is 6.64. The van der Waals surface area contributed by atoms with E-state index in [2.05, 4.69) is 20.7 Å². The van der Waals surface area contributed by atoms with Crippen molar-refractivity contribution >= 4 is 26.0 Å². The van der Waals surface area contributed by atoms with Crippen LogP contribution < -0.4 is 4.72 Å². The van der Waals surface area contributed by atoms with Gasteiger partial charge in [-0.2, -0.15) is 0 Å². The number of aryl methyl sites for hydroxylation is 1. The lowest BCUT2D eigenvalue weighted by Crippen LogP contribution is -2.35. The van der Waals surface area contributed by atoms with Gasteiger partial charge in [0, 0.05) is 11.9 Å². The van der Waals surface area contributed by atoms with E-state index in [0.29, 0.717) is 23.9 Å². The molecule has 0 amide bonds. The third-order valence-electron chi connectivity index (χ3n) is 4.23. The molecule has 0 radical (unpaired) electrons. The van der Waals surface area contributed by atoms with Gasteiger partial charge in [0.2, 0.25) is 10.0 Å². The molecular formula is C15H21BrFNO2S. The van der Waals surface area contributed by atoms with Crippen molar-refractivity contribution in [3.8, 4) is 0 Å². The lowest BCUT2D eigenvalue weighted by Gasteiger charge is -2.30. The predicted octanol–water partition coefficient (Wildman–Crippen LogP) is 3.61. The highest BCUT2D eigenvalue weighted by Gasteiger charge is 2.26. The average Bonchev–Trinajstić information content (AvgIpc) is 2.45. The first-order chi connectivity index (χ1) is 9.94. The standard InChI is InChI=1S/C15H21BrFNO2S/c1-11-8-14(17)6-7-15(11)21(19,20)18-10-13-5-3-2-4-12(13)9-16/h6-8,12-13,18H,2-5,9-10H2,1H3. The number of halogens is 2. The minimum absolute atomic E-state index is 0.162. The third kappa shape index (κ3) is 4.27. The topological polar surface area (TPSA) is 46.2 Å². The van der Waals surface area contributed by atoms with Crippen molar-refractivity contribution in [2.75, 3.05) is 11.9 Å². The Hall–Kier alpha value is -0.460. The van der Waals surface area contributed by atoms with Crippen LogP contribution in [0.3, 0.4) is 0 Å². The molecule has 1 saturated carbocycles. The minimum Gasteiger partial charge on any atom is -0.211 e. The molecule has 0 aromatic heterocycles. The van der Waals surface area contributed by atoms with Crippen LogP contribution in [-0.2, 0) is 10.0 Å². The molecule has 0 aliphatic heterocycles. The smallest absolute Gasteiger partial charge is 0.211 e. The van der Waals surface area contributed by atoms with E-state index in [-0.39, 0.29) is 4.90 Å². The van der Waals surface area contributed by atoms with Gasteiger partial charge in [-0.3, -0.25) is 0 Å². The Morgan fingerprint density at radius 1 is 1.29 bits per heavy atom. The first kappa shape index (κ1) is 16.9. The second-order valence-electron chi connectivity index (χ2n) is 5.72. The van der Waals surface area contributed by atoms with Gasteiger partial charge in [0.05, 0.1) is 4.90 Å². The molecule has 1 fully saturated rings. The lowest BCUT2D eigenvalue weighted by atomic mass is 9.80. The van der Waals surface area contributed by atoms with Gasteiger partial charge in [0.15, 0.2) is 0 Å². The summed E-state index contributed by atoms with van der Waals surface area (Å²) in [7, 11) is -3.57. The van der Waals surface area contributed by atoms with E-state index in [1.165, 1.54) is 24.6 Å². The summed E-state index contributed by atoms with van der Waals surface area (Å²) in [4.78, 5) is 0.162. The van der Waals surface area contributed by atoms with E-state index in [0.717, 1.165) is 24.6 Å². The number of benzene rings is 1. The highest BCUT2D eigenvalue weighted by Crippen LogP contribution is 2.31. The van der Waals surface area contributed by atoms with Crippen LogP contribution in [0.4, 0.5) is 4.39 Å². The molecule has 1 aromatic rings. The normalized spacial score (nSPS) is 23.2. The molecule has 0 spiro atoms. The molecule has 1 aliphatic carbocycles. The SMILES string of the molecule is Cc1cc(F)ccc1S(=O)(=O)NCC1CCCCC1CBr. The molecule has 1 aliphatic rings. The maximum atomic E-state index is 13.1. The molecule has 6 heteroatoms. The fraction of sp³-hybridized carbons (Fsp3) is 0.600. The van der Waals surface area contributed by atoms with E-state index >= 15 is 0 Å². The zero-order valence-electron chi connectivity index (χ0n) is 12.1. The minimum atomic E-state index is -3.57. The number of sulfonamides is 1. The Bertz CT molecular complexity index is 591. The summed E-state index contributed by atoms with van der Waals surface area (Å²) in [5, 5.41) is 0.912. The molecular weight excluding hydrogens is 357 g/mol. The predicted molar refractivity (Wildman–Crippen MR) is 85.6 cm³/mol. The lowest BCUT2D eigenvalue weighted by molar-refractivity contribution is 0.263. The zero-order chi connectivity index (χ0) is 15.5. The highest BCUT2D eigenvalue weighted by atomic mass is 79.9. The van der Waals surface area contributed by atoms with Crippen LogP contribution >= 0.6 is 15.9 Å². The van der Waals surface area contributed by atoms with Gasteiger partial charge >= 0.3 is 0 Å². The van der Waals surface area contributed by atoms with Crippen molar-refractivity contribution in [1.82, 2.24) is 4.72 Å². The van der Waals surface area contributed by atoms with Crippen LogP contribution in [0.15, 0.2) is 23.1 Å². The van der Waals surface area contributed by atoms with Crippen LogP contribution in [0, 0.1) is 24.6 Å². The zero-order valence-corrected chi connectivity index (χ0v) is 14.5. The van der Waals surface area contributed by atoms with Gasteiger partial charge in [0.1, 0.15) is 5.82 Å². The van der Waals surface area contributed by atoms with Crippen LogP contribution in [0.25, 0.3) is 0 Å². The average molecular weight is 378 g/mol. The maximum absolute atomic E-state index is 13.1. The van der Waals surface area contributed by atoms with E-state index in [4.69, 9.17) is 0 Å². The second kappa shape index (κ2) is 7.20. The Morgan fingerprint density at radius 3 is 2.57 bits per heavy atom. The fourth-order valence-corrected chi connectivity index (χ4v) is 5.14. The molecule has 0 heterocycles. The summed E-state index contributed by atoms with van der Waals surface area (Å²) in [6.07, 6.45) is 4.58. The molecule has 2 rings (SSSR count).